The molecule has 108 valence electrons. The Hall–Kier alpha value is -1.82. The Kier molecular flexibility index (Phi) is 3.85. The fourth-order valence-corrected chi connectivity index (χ4v) is 3.27. The molecule has 1 aliphatic rings. The second-order valence-corrected chi connectivity index (χ2v) is 5.88. The van der Waals surface area contributed by atoms with Gasteiger partial charge in [0, 0.05) is 27.2 Å². The first-order chi connectivity index (χ1) is 9.36. The van der Waals surface area contributed by atoms with Gasteiger partial charge < -0.3 is 25.7 Å². The van der Waals surface area contributed by atoms with E-state index < -0.39 is 12.2 Å². The fraction of sp³-hybridized carbons (Fsp3) is 0.500. The van der Waals surface area contributed by atoms with E-state index in [2.05, 4.69) is 0 Å². The number of hydrogen-bond acceptors (Lipinski definition) is 7. The number of rotatable bonds is 2. The number of β-amino-alcohol motifs (C(OH)–C–C–N with tert-alkyl or cyclic N) is 2. The van der Waals surface area contributed by atoms with E-state index in [1.165, 1.54) is 4.90 Å². The predicted octanol–water partition coefficient (Wildman–Crippen LogP) is -0.554. The van der Waals surface area contributed by atoms with Gasteiger partial charge in [0.2, 0.25) is 0 Å². The normalized spacial score (nSPS) is 21.9. The van der Waals surface area contributed by atoms with Crippen LogP contribution in [0.2, 0.25) is 0 Å². The molecule has 1 aliphatic heterocycles. The molecular formula is C12H16N4O3S. The summed E-state index contributed by atoms with van der Waals surface area (Å²) < 4.78 is 0. The van der Waals surface area contributed by atoms with E-state index in [0.717, 1.165) is 11.3 Å². The lowest BCUT2D eigenvalue weighted by atomic mass is 10.2. The maximum absolute atomic E-state index is 12.0. The highest BCUT2D eigenvalue weighted by Crippen LogP contribution is 2.39. The van der Waals surface area contributed by atoms with Crippen LogP contribution >= 0.6 is 11.3 Å². The molecule has 8 heteroatoms. The van der Waals surface area contributed by atoms with Crippen molar-refractivity contribution < 1.29 is 15.0 Å². The summed E-state index contributed by atoms with van der Waals surface area (Å²) in [6.07, 6.45) is -1.73. The summed E-state index contributed by atoms with van der Waals surface area (Å²) in [5.74, 6) is -0.268. The van der Waals surface area contributed by atoms with Gasteiger partial charge in [0.05, 0.1) is 17.9 Å². The third-order valence-electron chi connectivity index (χ3n) is 3.19. The highest BCUT2D eigenvalue weighted by molar-refractivity contribution is 7.19. The van der Waals surface area contributed by atoms with Crippen LogP contribution in [0.1, 0.15) is 15.2 Å². The van der Waals surface area contributed by atoms with Gasteiger partial charge in [-0.25, -0.2) is 0 Å². The highest BCUT2D eigenvalue weighted by atomic mass is 32.1. The molecule has 1 fully saturated rings. The maximum Gasteiger partial charge on any atom is 0.265 e. The zero-order chi connectivity index (χ0) is 15.0. The van der Waals surface area contributed by atoms with Gasteiger partial charge in [-0.15, -0.1) is 11.3 Å². The van der Waals surface area contributed by atoms with Gasteiger partial charge in [-0.05, 0) is 0 Å². The van der Waals surface area contributed by atoms with Gasteiger partial charge in [-0.2, -0.15) is 5.26 Å². The molecule has 2 rings (SSSR count). The molecule has 20 heavy (non-hydrogen) atoms. The predicted molar refractivity (Wildman–Crippen MR) is 75.7 cm³/mol. The van der Waals surface area contributed by atoms with Crippen LogP contribution in [0.4, 0.5) is 10.7 Å². The van der Waals surface area contributed by atoms with E-state index in [1.54, 1.807) is 19.0 Å². The quantitative estimate of drug-likeness (QED) is 0.674. The molecule has 0 spiro atoms. The molecule has 0 radical (unpaired) electrons. The number of nitrogens with zero attached hydrogens (tertiary/aromatic N) is 3. The van der Waals surface area contributed by atoms with Crippen LogP contribution in [-0.4, -0.2) is 60.4 Å². The lowest BCUT2D eigenvalue weighted by Crippen LogP contribution is -2.22. The van der Waals surface area contributed by atoms with Gasteiger partial charge in [0.1, 0.15) is 21.5 Å². The van der Waals surface area contributed by atoms with Crippen molar-refractivity contribution in [3.05, 3.63) is 10.4 Å². The first-order valence-electron chi connectivity index (χ1n) is 6.01. The smallest absolute Gasteiger partial charge is 0.265 e. The zero-order valence-corrected chi connectivity index (χ0v) is 12.0. The molecule has 1 aromatic heterocycles. The number of anilines is 2. The van der Waals surface area contributed by atoms with E-state index in [4.69, 9.17) is 5.73 Å². The van der Waals surface area contributed by atoms with Crippen molar-refractivity contribution in [1.29, 1.82) is 5.26 Å². The van der Waals surface area contributed by atoms with E-state index in [1.807, 2.05) is 6.07 Å². The first-order valence-corrected chi connectivity index (χ1v) is 6.83. The number of thiophene rings is 1. The number of nitrogen functional groups attached to an aromatic ring is 1. The lowest BCUT2D eigenvalue weighted by molar-refractivity contribution is 0.0572. The summed E-state index contributed by atoms with van der Waals surface area (Å²) in [5.41, 5.74) is 6.26. The summed E-state index contributed by atoms with van der Waals surface area (Å²) in [7, 11) is 3.22. The van der Waals surface area contributed by atoms with Gasteiger partial charge in [-0.1, -0.05) is 0 Å². The van der Waals surface area contributed by atoms with Crippen LogP contribution in [0.5, 0.6) is 0 Å². The lowest BCUT2D eigenvalue weighted by Gasteiger charge is -2.15. The van der Waals surface area contributed by atoms with Crippen molar-refractivity contribution in [3.63, 3.8) is 0 Å². The number of hydrogen-bond donors (Lipinski definition) is 3. The molecule has 0 bridgehead atoms. The van der Waals surface area contributed by atoms with E-state index in [9.17, 15) is 20.3 Å². The van der Waals surface area contributed by atoms with Crippen LogP contribution in [0.3, 0.4) is 0 Å². The largest absolute Gasteiger partial charge is 0.396 e. The Morgan fingerprint density at radius 2 is 2.00 bits per heavy atom. The summed E-state index contributed by atoms with van der Waals surface area (Å²) >= 11 is 1.11. The maximum atomic E-state index is 12.0. The summed E-state index contributed by atoms with van der Waals surface area (Å²) in [6.45, 7) is 0.427. The molecule has 2 atom stereocenters. The van der Waals surface area contributed by atoms with E-state index in [-0.39, 0.29) is 30.2 Å². The SMILES string of the molecule is CN(C)C(=O)c1sc(N2CC(O)C(O)C2)c(C#N)c1N. The van der Waals surface area contributed by atoms with Crippen molar-refractivity contribution in [2.45, 2.75) is 12.2 Å². The number of aliphatic hydroxyl groups excluding tert-OH is 2. The Bertz CT molecular complexity index is 568. The number of nitrogens with two attached hydrogens (primary N) is 1. The van der Waals surface area contributed by atoms with Crippen LogP contribution in [0.25, 0.3) is 0 Å². The third kappa shape index (κ3) is 2.31. The van der Waals surface area contributed by atoms with Crippen LogP contribution < -0.4 is 10.6 Å². The molecular weight excluding hydrogens is 280 g/mol. The van der Waals surface area contributed by atoms with Crippen molar-refractivity contribution in [3.8, 4) is 6.07 Å². The Labute approximate surface area is 120 Å². The number of carbonyl (C=O) groups is 1. The Morgan fingerprint density at radius 3 is 2.45 bits per heavy atom. The zero-order valence-electron chi connectivity index (χ0n) is 11.2. The topological polar surface area (TPSA) is 114 Å². The molecule has 4 N–H and O–H groups in total. The van der Waals surface area contributed by atoms with Crippen LogP contribution in [-0.2, 0) is 0 Å². The molecule has 2 heterocycles. The van der Waals surface area contributed by atoms with Gasteiger partial charge in [0.15, 0.2) is 0 Å². The minimum atomic E-state index is -0.863. The highest BCUT2D eigenvalue weighted by Gasteiger charge is 2.34. The molecule has 0 aromatic carbocycles. The molecule has 1 amide bonds. The number of amides is 1. The molecule has 7 nitrogen and oxygen atoms in total. The molecule has 0 saturated carbocycles. The first kappa shape index (κ1) is 14.6. The Morgan fingerprint density at radius 1 is 1.45 bits per heavy atom. The summed E-state index contributed by atoms with van der Waals surface area (Å²) in [5, 5.41) is 28.9. The number of aliphatic hydroxyl groups is 2. The van der Waals surface area contributed by atoms with Crippen molar-refractivity contribution in [2.24, 2.45) is 0 Å². The van der Waals surface area contributed by atoms with Gasteiger partial charge >= 0.3 is 0 Å². The summed E-state index contributed by atoms with van der Waals surface area (Å²) in [6, 6.07) is 1.99. The monoisotopic (exact) mass is 296 g/mol. The van der Waals surface area contributed by atoms with Gasteiger partial charge in [0.25, 0.3) is 5.91 Å². The minimum Gasteiger partial charge on any atom is -0.396 e. The van der Waals surface area contributed by atoms with Crippen molar-refractivity contribution in [2.75, 3.05) is 37.8 Å². The minimum absolute atomic E-state index is 0.155. The molecule has 2 unspecified atom stereocenters. The van der Waals surface area contributed by atoms with Crippen LogP contribution in [0, 0.1) is 11.3 Å². The van der Waals surface area contributed by atoms with Crippen molar-refractivity contribution in [1.82, 2.24) is 4.90 Å². The van der Waals surface area contributed by atoms with E-state index in [0.29, 0.717) is 9.88 Å². The van der Waals surface area contributed by atoms with Crippen LogP contribution in [0.15, 0.2) is 0 Å². The number of nitriles is 1. The standard InChI is InChI=1S/C12H16N4O3S/c1-15(2)11(19)10-9(14)6(3-13)12(20-10)16-4-7(17)8(18)5-16/h7-8,17-18H,4-5,14H2,1-2H3. The summed E-state index contributed by atoms with van der Waals surface area (Å²) in [4.78, 5) is 15.4. The average molecular weight is 296 g/mol. The molecule has 0 aliphatic carbocycles. The second kappa shape index (κ2) is 5.28. The van der Waals surface area contributed by atoms with Gasteiger partial charge in [-0.3, -0.25) is 4.79 Å². The van der Waals surface area contributed by atoms with Crippen molar-refractivity contribution >= 4 is 27.9 Å². The molecule has 1 saturated heterocycles. The van der Waals surface area contributed by atoms with E-state index >= 15 is 0 Å². The fourth-order valence-electron chi connectivity index (χ4n) is 2.06. The number of carbonyl (C=O) groups excluding carboxylic acids is 1. The third-order valence-corrected chi connectivity index (χ3v) is 4.44. The average Bonchev–Trinajstić information content (AvgIpc) is 2.89. The Balaban J connectivity index is 2.43. The second-order valence-electron chi connectivity index (χ2n) is 4.88. The molecule has 1 aromatic rings.